The number of aliphatic hydroxyl groups excluding tert-OH is 1. The molecule has 25 nitrogen and oxygen atoms in total. The summed E-state index contributed by atoms with van der Waals surface area (Å²) >= 11 is 2.49. The number of ether oxygens (including phenoxy) is 6. The van der Waals surface area contributed by atoms with Gasteiger partial charge in [0.2, 0.25) is 13.6 Å². The number of phosphoric ester groups is 1. The van der Waals surface area contributed by atoms with Crippen LogP contribution in [0.1, 0.15) is 120 Å². The van der Waals surface area contributed by atoms with Gasteiger partial charge >= 0.3 is 32.1 Å². The molecule has 544 valence electrons. The number of thiazole rings is 2. The Morgan fingerprint density at radius 2 is 0.952 bits per heavy atom. The Labute approximate surface area is 602 Å². The van der Waals surface area contributed by atoms with Crippen molar-refractivity contribution in [3.63, 3.8) is 0 Å². The lowest BCUT2D eigenvalue weighted by atomic mass is 9.81. The number of aliphatic hydroxyl groups is 1. The minimum Gasteiger partial charge on any atom is -0.424 e. The van der Waals surface area contributed by atoms with Gasteiger partial charge in [-0.3, -0.25) is 23.6 Å². The minimum atomic E-state index is -3.98. The summed E-state index contributed by atoms with van der Waals surface area (Å²) in [6.45, 7) is 18.1. The summed E-state index contributed by atoms with van der Waals surface area (Å²) in [4.78, 5) is 77.3. The second-order valence-corrected chi connectivity index (χ2v) is 28.3. The Morgan fingerprint density at radius 3 is 1.30 bits per heavy atom. The molecule has 104 heavy (non-hydrogen) atoms. The summed E-state index contributed by atoms with van der Waals surface area (Å²) in [5.74, 6) is -7.07. The summed E-state index contributed by atoms with van der Waals surface area (Å²) in [5, 5.41) is 21.9. The third kappa shape index (κ3) is 20.4. The highest BCUT2D eigenvalue weighted by molar-refractivity contribution is 7.48. The van der Waals surface area contributed by atoms with E-state index in [9.17, 15) is 37.6 Å². The van der Waals surface area contributed by atoms with E-state index >= 15 is 8.78 Å². The topological polar surface area (TPSA) is 301 Å². The van der Waals surface area contributed by atoms with Crippen molar-refractivity contribution in [2.45, 2.75) is 116 Å². The molecule has 32 heteroatoms. The number of hydrogen-bond acceptors (Lipinski definition) is 25. The van der Waals surface area contributed by atoms with Crippen LogP contribution in [0.5, 0.6) is 0 Å². The van der Waals surface area contributed by atoms with Crippen LogP contribution in [0.25, 0.3) is 22.5 Å². The molecule has 0 bridgehead atoms. The van der Waals surface area contributed by atoms with Crippen LogP contribution in [0, 0.1) is 23.3 Å². The van der Waals surface area contributed by atoms with Gasteiger partial charge in [-0.1, -0.05) is 62.4 Å². The molecule has 10 aromatic rings. The predicted molar refractivity (Wildman–Crippen MR) is 375 cm³/mol. The lowest BCUT2D eigenvalue weighted by molar-refractivity contribution is -0.0893. The molecule has 0 aliphatic rings. The fourth-order valence-electron chi connectivity index (χ4n) is 10.3. The fraction of sp³-hybridized carbons (Fsp3) is 0.278. The number of nitrogens with zero attached hydrogens (tertiary/aromatic N) is 10. The van der Waals surface area contributed by atoms with E-state index in [2.05, 4.69) is 43.6 Å². The number of halogens is 4. The second-order valence-electron chi connectivity index (χ2n) is 25.0. The first-order valence-electron chi connectivity index (χ1n) is 31.6. The average Bonchev–Trinajstić information content (AvgIpc) is 1.27. The van der Waals surface area contributed by atoms with Crippen LogP contribution in [0.3, 0.4) is 0 Å². The van der Waals surface area contributed by atoms with E-state index in [0.717, 1.165) is 23.3 Å². The Balaban J connectivity index is 0.000000248. The third-order valence-electron chi connectivity index (χ3n) is 15.4. The van der Waals surface area contributed by atoms with E-state index in [1.54, 1.807) is 115 Å². The van der Waals surface area contributed by atoms with E-state index in [-0.39, 0.29) is 48.6 Å². The van der Waals surface area contributed by atoms with Crippen molar-refractivity contribution in [3.8, 4) is 22.5 Å². The van der Waals surface area contributed by atoms with Crippen molar-refractivity contribution in [2.75, 3.05) is 13.6 Å². The molecule has 0 saturated heterocycles. The maximum Gasteiger partial charge on any atom is 0.512 e. The largest absolute Gasteiger partial charge is 0.512 e. The quantitative estimate of drug-likeness (QED) is 0.0119. The number of aliphatic imine (C=N–C) groups is 2. The number of benzene rings is 6. The first-order chi connectivity index (χ1) is 49.5. The first-order valence-corrected chi connectivity index (χ1v) is 34.8. The van der Waals surface area contributed by atoms with Crippen molar-refractivity contribution in [3.05, 3.63) is 236 Å². The highest BCUT2D eigenvalue weighted by Gasteiger charge is 2.50. The standard InChI is InChI=1S/C40H44F2N5O9PS.C32H27F2N5O6S/c1-26(35-46-34(21-58-35)28-13-16-31(43-8)17-14-28)40(22-47-24-44-23-45-47,32-18-15-30(41)19-33(32)42)54-37(49)52-25-51-36(48)29-11-9-27(10-12-29)20-53-57(50,55-38(2,3)4)56-39(5,6)7;1-20(29-38-28(15-46-29)22-7-10-25(35-2)11-8-22)32(16-39-18-36-17-37-39,26-12-9-24(33)13-27(26)34)45-31(42)44-19-43-30(41)23-5-3-21(14-40)4-6-23/h9-19,21,23-24,26H,8,20,22,25H2,1-7H3;3-13,15,17-18,20,40H,2,14,16,19H2,1H3/t26-,40?;20-,32?/m00/s1. The van der Waals surface area contributed by atoms with E-state index in [4.69, 9.17) is 52.0 Å². The zero-order chi connectivity index (χ0) is 75.0. The first kappa shape index (κ1) is 77.6. The Bertz CT molecular complexity index is 4620. The molecule has 4 atom stereocenters. The Morgan fingerprint density at radius 1 is 0.558 bits per heavy atom. The predicted octanol–water partition coefficient (Wildman–Crippen LogP) is 16.1. The van der Waals surface area contributed by atoms with Gasteiger partial charge in [0.05, 0.1) is 83.2 Å². The molecule has 0 fully saturated rings. The molecule has 4 aromatic heterocycles. The van der Waals surface area contributed by atoms with E-state index in [0.29, 0.717) is 56.0 Å². The molecule has 1 N–H and O–H groups in total. The van der Waals surface area contributed by atoms with Crippen molar-refractivity contribution in [1.29, 1.82) is 0 Å². The maximum absolute atomic E-state index is 15.8. The van der Waals surface area contributed by atoms with Crippen LogP contribution < -0.4 is 0 Å². The van der Waals surface area contributed by atoms with E-state index in [1.807, 2.05) is 24.3 Å². The molecule has 10 rings (SSSR count). The highest BCUT2D eigenvalue weighted by atomic mass is 32.1. The molecule has 0 aliphatic carbocycles. The molecule has 0 radical (unpaired) electrons. The number of carbonyl (C=O) groups is 4. The Hall–Kier alpha value is -10.5. The average molecular weight is 1490 g/mol. The van der Waals surface area contributed by atoms with Crippen molar-refractivity contribution >= 4 is 79.6 Å². The lowest BCUT2D eigenvalue weighted by Gasteiger charge is -2.37. The summed E-state index contributed by atoms with van der Waals surface area (Å²) in [5.41, 5.74) is -0.352. The van der Waals surface area contributed by atoms with Crippen molar-refractivity contribution in [2.24, 2.45) is 9.98 Å². The van der Waals surface area contributed by atoms with Crippen LogP contribution >= 0.6 is 30.5 Å². The number of carbonyl (C=O) groups excluding carboxylic acids is 4. The summed E-state index contributed by atoms with van der Waals surface area (Å²) < 4.78 is 125. The lowest BCUT2D eigenvalue weighted by Crippen LogP contribution is -2.43. The number of phosphoric acid groups is 1. The van der Waals surface area contributed by atoms with Gasteiger partial charge in [-0.25, -0.2) is 70.6 Å². The fourth-order valence-corrected chi connectivity index (χ4v) is 14.0. The molecule has 2 unspecified atom stereocenters. The molecule has 0 saturated carbocycles. The van der Waals surface area contributed by atoms with E-state index in [1.165, 1.54) is 93.7 Å². The van der Waals surface area contributed by atoms with Gasteiger partial charge in [0.25, 0.3) is 0 Å². The molecular weight excluding hydrogens is 1420 g/mol. The summed E-state index contributed by atoms with van der Waals surface area (Å²) in [6.07, 6.45) is 2.56. The maximum atomic E-state index is 15.8. The van der Waals surface area contributed by atoms with Crippen LogP contribution in [0.15, 0.2) is 180 Å². The number of rotatable bonds is 28. The number of hydrogen-bond donors (Lipinski definition) is 1. The zero-order valence-corrected chi connectivity index (χ0v) is 59.9. The van der Waals surface area contributed by atoms with Gasteiger partial charge in [-0.2, -0.15) is 10.2 Å². The smallest absolute Gasteiger partial charge is 0.424 e. The molecule has 4 heterocycles. The third-order valence-corrected chi connectivity index (χ3v) is 19.4. The van der Waals surface area contributed by atoms with Crippen LogP contribution in [-0.2, 0) is 84.1 Å². The molecule has 6 aromatic carbocycles. The monoisotopic (exact) mass is 1490 g/mol. The molecule has 0 aliphatic heterocycles. The van der Waals surface area contributed by atoms with Crippen LogP contribution in [0.4, 0.5) is 38.5 Å². The molecule has 0 spiro atoms. The van der Waals surface area contributed by atoms with Gasteiger partial charge in [0, 0.05) is 45.1 Å². The van der Waals surface area contributed by atoms with Gasteiger partial charge in [-0.15, -0.1) is 22.7 Å². The highest BCUT2D eigenvalue weighted by Crippen LogP contribution is 2.56. The SMILES string of the molecule is C=Nc1ccc(-c2csc([C@H](C)C(Cn3cncn3)(OC(=O)OCOC(=O)c3ccc(CO)cc3)c3ccc(F)cc3F)n2)cc1.C=Nc1ccc(-c2csc([C@H](C)C(Cn3cncn3)(OC(=O)OCOC(=O)c3ccc(COP(=O)(OC(C)(C)C)OC(C)(C)C)cc3)c3ccc(F)cc3F)n2)cc1. The van der Waals surface area contributed by atoms with Gasteiger partial charge in [-0.05, 0) is 139 Å². The summed E-state index contributed by atoms with van der Waals surface area (Å²) in [6, 6.07) is 32.2. The number of aromatic nitrogens is 8. The summed E-state index contributed by atoms with van der Waals surface area (Å²) in [7, 11) is -3.98. The zero-order valence-electron chi connectivity index (χ0n) is 57.4. The normalized spacial score (nSPS) is 13.4. The minimum absolute atomic E-state index is 0.0956. The van der Waals surface area contributed by atoms with Gasteiger partial charge in [0.15, 0.2) is 11.2 Å². The number of esters is 2. The van der Waals surface area contributed by atoms with E-state index < -0.39 is 103 Å². The Kier molecular flexibility index (Phi) is 25.5. The van der Waals surface area contributed by atoms with Gasteiger partial charge < -0.3 is 33.5 Å². The van der Waals surface area contributed by atoms with Crippen molar-refractivity contribution < 1.29 is 88.4 Å². The van der Waals surface area contributed by atoms with Crippen molar-refractivity contribution in [1.82, 2.24) is 39.5 Å². The van der Waals surface area contributed by atoms with Crippen LogP contribution in [0.2, 0.25) is 0 Å². The van der Waals surface area contributed by atoms with Crippen LogP contribution in [-0.4, -0.2) is 107 Å². The van der Waals surface area contributed by atoms with Gasteiger partial charge in [0.1, 0.15) is 58.6 Å². The molecular formula is C72H71F4N10O15PS2. The molecule has 0 amide bonds. The second kappa shape index (κ2) is 34.2.